The second kappa shape index (κ2) is 6.59. The van der Waals surface area contributed by atoms with Crippen molar-refractivity contribution in [3.05, 3.63) is 0 Å². The molecule has 6 atom stereocenters. The van der Waals surface area contributed by atoms with E-state index in [9.17, 15) is 0 Å². The fraction of sp³-hybridized carbons (Fsp3) is 1.00. The summed E-state index contributed by atoms with van der Waals surface area (Å²) in [5.41, 5.74) is 0. The Kier molecular flexibility index (Phi) is 5.15. The van der Waals surface area contributed by atoms with Gasteiger partial charge in [-0.25, -0.2) is 0 Å². The minimum absolute atomic E-state index is 0.300. The molecule has 21 heavy (non-hydrogen) atoms. The summed E-state index contributed by atoms with van der Waals surface area (Å²) in [5.74, 6) is 3.14. The number of halogens is 1. The van der Waals surface area contributed by atoms with Gasteiger partial charge in [-0.15, -0.1) is 0 Å². The zero-order valence-electron chi connectivity index (χ0n) is 13.5. The highest BCUT2D eigenvalue weighted by Gasteiger charge is 2.61. The van der Waals surface area contributed by atoms with Crippen LogP contribution in [0, 0.1) is 23.7 Å². The molecule has 0 aromatic heterocycles. The van der Waals surface area contributed by atoms with E-state index in [4.69, 9.17) is 20.2 Å². The highest BCUT2D eigenvalue weighted by Crippen LogP contribution is 2.66. The van der Waals surface area contributed by atoms with Crippen LogP contribution in [0.1, 0.15) is 51.9 Å². The SMILES string of the molecule is CCC1(SCl)C2CCC(OC)CC2C2CC(OC)CCC21. The Morgan fingerprint density at radius 2 is 1.43 bits per heavy atom. The summed E-state index contributed by atoms with van der Waals surface area (Å²) in [6.07, 6.45) is 9.61. The quantitative estimate of drug-likeness (QED) is 0.729. The zero-order chi connectivity index (χ0) is 15.0. The van der Waals surface area contributed by atoms with Gasteiger partial charge >= 0.3 is 0 Å². The molecule has 3 saturated carbocycles. The van der Waals surface area contributed by atoms with Gasteiger partial charge in [-0.2, -0.15) is 0 Å². The molecule has 0 amide bonds. The minimum atomic E-state index is 0.300. The predicted octanol–water partition coefficient (Wildman–Crippen LogP) is 4.90. The number of methoxy groups -OCH3 is 2. The Hall–Kier alpha value is 0.560. The molecule has 0 saturated heterocycles. The van der Waals surface area contributed by atoms with E-state index in [1.807, 2.05) is 14.2 Å². The lowest BCUT2D eigenvalue weighted by atomic mass is 9.72. The van der Waals surface area contributed by atoms with Crippen molar-refractivity contribution in [2.24, 2.45) is 23.7 Å². The number of rotatable bonds is 4. The van der Waals surface area contributed by atoms with Gasteiger partial charge in [0.25, 0.3) is 0 Å². The molecular weight excluding hydrogens is 304 g/mol. The van der Waals surface area contributed by atoms with Crippen molar-refractivity contribution in [1.82, 2.24) is 0 Å². The molecule has 0 aliphatic heterocycles. The Labute approximate surface area is 138 Å². The standard InChI is InChI=1S/C17H29ClO2S/c1-4-17(21-18)15-7-5-11(19-2)9-13(15)14-10-12(20-3)6-8-16(14)17/h11-16H,4-10H2,1-3H3. The summed E-state index contributed by atoms with van der Waals surface area (Å²) in [7, 11) is 11.9. The van der Waals surface area contributed by atoms with E-state index < -0.39 is 0 Å². The molecule has 0 spiro atoms. The normalized spacial score (nSPS) is 49.7. The monoisotopic (exact) mass is 332 g/mol. The fourth-order valence-electron chi connectivity index (χ4n) is 5.89. The van der Waals surface area contributed by atoms with Gasteiger partial charge in [0.15, 0.2) is 0 Å². The molecule has 3 aliphatic rings. The van der Waals surface area contributed by atoms with E-state index in [0.29, 0.717) is 17.0 Å². The minimum Gasteiger partial charge on any atom is -0.381 e. The predicted molar refractivity (Wildman–Crippen MR) is 89.7 cm³/mol. The number of hydrogen-bond donors (Lipinski definition) is 0. The molecule has 122 valence electrons. The van der Waals surface area contributed by atoms with Crippen molar-refractivity contribution >= 4 is 21.7 Å². The van der Waals surface area contributed by atoms with Crippen LogP contribution in [0.5, 0.6) is 0 Å². The summed E-state index contributed by atoms with van der Waals surface area (Å²) in [6.45, 7) is 2.35. The van der Waals surface area contributed by atoms with Crippen LogP contribution in [0.15, 0.2) is 0 Å². The summed E-state index contributed by atoms with van der Waals surface area (Å²) in [6, 6.07) is 0. The first-order chi connectivity index (χ1) is 10.2. The fourth-order valence-corrected chi connectivity index (χ4v) is 7.82. The van der Waals surface area contributed by atoms with E-state index >= 15 is 0 Å². The number of hydrogen-bond acceptors (Lipinski definition) is 3. The Balaban J connectivity index is 1.89. The highest BCUT2D eigenvalue weighted by molar-refractivity contribution is 8.22. The highest BCUT2D eigenvalue weighted by atomic mass is 35.7. The second-order valence-electron chi connectivity index (χ2n) is 7.27. The molecular formula is C17H29ClO2S. The lowest BCUT2D eigenvalue weighted by molar-refractivity contribution is -0.00248. The average Bonchev–Trinajstić information content (AvgIpc) is 2.83. The van der Waals surface area contributed by atoms with Crippen LogP contribution in [-0.4, -0.2) is 31.2 Å². The maximum absolute atomic E-state index is 6.50. The van der Waals surface area contributed by atoms with Gasteiger partial charge < -0.3 is 9.47 Å². The van der Waals surface area contributed by atoms with Crippen LogP contribution in [0.3, 0.4) is 0 Å². The van der Waals surface area contributed by atoms with Crippen molar-refractivity contribution in [3.63, 3.8) is 0 Å². The lowest BCUT2D eigenvalue weighted by Crippen LogP contribution is -2.40. The van der Waals surface area contributed by atoms with Crippen LogP contribution in [-0.2, 0) is 9.47 Å². The van der Waals surface area contributed by atoms with Gasteiger partial charge in [-0.1, -0.05) is 6.92 Å². The Morgan fingerprint density at radius 3 is 1.76 bits per heavy atom. The van der Waals surface area contributed by atoms with Gasteiger partial charge in [0.1, 0.15) is 0 Å². The first-order valence-corrected chi connectivity index (χ1v) is 10.2. The van der Waals surface area contributed by atoms with Gasteiger partial charge in [0.2, 0.25) is 0 Å². The van der Waals surface area contributed by atoms with E-state index in [0.717, 1.165) is 23.7 Å². The van der Waals surface area contributed by atoms with Crippen LogP contribution in [0.25, 0.3) is 0 Å². The topological polar surface area (TPSA) is 18.5 Å². The largest absolute Gasteiger partial charge is 0.381 e. The van der Waals surface area contributed by atoms with Crippen LogP contribution >= 0.6 is 21.7 Å². The van der Waals surface area contributed by atoms with Crippen LogP contribution in [0.4, 0.5) is 0 Å². The molecule has 0 bridgehead atoms. The molecule has 2 nitrogen and oxygen atoms in total. The first kappa shape index (κ1) is 16.4. The third-order valence-corrected chi connectivity index (χ3v) is 8.91. The van der Waals surface area contributed by atoms with Gasteiger partial charge in [-0.3, -0.25) is 0 Å². The van der Waals surface area contributed by atoms with Crippen LogP contribution < -0.4 is 0 Å². The summed E-state index contributed by atoms with van der Waals surface area (Å²) in [4.78, 5) is 0. The zero-order valence-corrected chi connectivity index (χ0v) is 15.1. The maximum Gasteiger partial charge on any atom is 0.0574 e. The third kappa shape index (κ3) is 2.56. The van der Waals surface area contributed by atoms with E-state index in [1.165, 1.54) is 44.9 Å². The molecule has 0 N–H and O–H groups in total. The van der Waals surface area contributed by atoms with Crippen molar-refractivity contribution < 1.29 is 9.47 Å². The average molecular weight is 333 g/mol. The Bertz CT molecular complexity index is 331. The summed E-state index contributed by atoms with van der Waals surface area (Å²) >= 11 is 0. The molecule has 4 heteroatoms. The van der Waals surface area contributed by atoms with Crippen molar-refractivity contribution in [3.8, 4) is 0 Å². The molecule has 3 rings (SSSR count). The maximum atomic E-state index is 6.50. The Morgan fingerprint density at radius 1 is 0.952 bits per heavy atom. The summed E-state index contributed by atoms with van der Waals surface area (Å²) < 4.78 is 11.7. The van der Waals surface area contributed by atoms with Gasteiger partial charge in [0, 0.05) is 19.0 Å². The second-order valence-corrected chi connectivity index (χ2v) is 8.65. The molecule has 0 aromatic rings. The van der Waals surface area contributed by atoms with Crippen molar-refractivity contribution in [2.75, 3.05) is 14.2 Å². The molecule has 0 radical (unpaired) electrons. The summed E-state index contributed by atoms with van der Waals surface area (Å²) in [5, 5.41) is 0. The number of ether oxygens (including phenoxy) is 2. The first-order valence-electron chi connectivity index (χ1n) is 8.55. The van der Waals surface area contributed by atoms with Gasteiger partial charge in [-0.05, 0) is 90.3 Å². The third-order valence-electron chi connectivity index (χ3n) is 6.87. The van der Waals surface area contributed by atoms with Crippen molar-refractivity contribution in [2.45, 2.75) is 68.8 Å². The molecule has 6 unspecified atom stereocenters. The molecule has 0 aromatic carbocycles. The number of fused-ring (bicyclic) bond motifs is 3. The van der Waals surface area contributed by atoms with E-state index in [-0.39, 0.29) is 0 Å². The molecule has 3 fully saturated rings. The van der Waals surface area contributed by atoms with E-state index in [2.05, 4.69) is 6.92 Å². The van der Waals surface area contributed by atoms with Gasteiger partial charge in [0.05, 0.1) is 12.2 Å². The van der Waals surface area contributed by atoms with Crippen LogP contribution in [0.2, 0.25) is 0 Å². The molecule has 0 heterocycles. The van der Waals surface area contributed by atoms with E-state index in [1.54, 1.807) is 11.0 Å². The van der Waals surface area contributed by atoms with Crippen molar-refractivity contribution in [1.29, 1.82) is 0 Å². The molecule has 3 aliphatic carbocycles. The smallest absolute Gasteiger partial charge is 0.0574 e. The lowest BCUT2D eigenvalue weighted by Gasteiger charge is -2.42.